The number of Topliss-reactive ketones (excluding diaryl/α,β-unsaturated/α-hetero) is 1. The fourth-order valence-electron chi connectivity index (χ4n) is 1.99. The number of halogens is 1. The van der Waals surface area contributed by atoms with Gasteiger partial charge in [-0.25, -0.2) is 9.97 Å². The summed E-state index contributed by atoms with van der Waals surface area (Å²) in [5.41, 5.74) is 1.01. The molecule has 0 aliphatic carbocycles. The van der Waals surface area contributed by atoms with Crippen molar-refractivity contribution >= 4 is 51.1 Å². The Hall–Kier alpha value is -2.29. The van der Waals surface area contributed by atoms with Crippen LogP contribution < -0.4 is 10.1 Å². The second-order valence-corrected chi connectivity index (χ2v) is 7.53. The molecule has 0 spiro atoms. The summed E-state index contributed by atoms with van der Waals surface area (Å²) in [5, 5.41) is 7.94. The van der Waals surface area contributed by atoms with Crippen LogP contribution >= 0.6 is 34.3 Å². The minimum atomic E-state index is -0.232. The van der Waals surface area contributed by atoms with E-state index in [1.807, 2.05) is 5.38 Å². The van der Waals surface area contributed by atoms with E-state index in [1.54, 1.807) is 29.6 Å². The molecule has 0 saturated carbocycles. The Kier molecular flexibility index (Phi) is 5.97. The molecule has 3 aromatic rings. The summed E-state index contributed by atoms with van der Waals surface area (Å²) in [7, 11) is 0. The Morgan fingerprint density at radius 2 is 1.92 bits per heavy atom. The molecular weight excluding hydrogens is 394 g/mol. The van der Waals surface area contributed by atoms with Crippen LogP contribution in [0.3, 0.4) is 0 Å². The minimum absolute atomic E-state index is 0.131. The maximum atomic E-state index is 12.1. The molecule has 1 amide bonds. The summed E-state index contributed by atoms with van der Waals surface area (Å²) in [6, 6.07) is 7.08. The van der Waals surface area contributed by atoms with E-state index in [4.69, 9.17) is 16.3 Å². The van der Waals surface area contributed by atoms with Crippen LogP contribution in [0.25, 0.3) is 0 Å². The van der Waals surface area contributed by atoms with Gasteiger partial charge in [0.25, 0.3) is 0 Å². The number of thiazole rings is 2. The molecule has 0 unspecified atom stereocenters. The molecule has 1 N–H and O–H groups in total. The van der Waals surface area contributed by atoms with Crippen LogP contribution in [0.5, 0.6) is 5.75 Å². The zero-order valence-electron chi connectivity index (χ0n) is 13.7. The molecule has 26 heavy (non-hydrogen) atoms. The molecule has 0 fully saturated rings. The quantitative estimate of drug-likeness (QED) is 0.593. The van der Waals surface area contributed by atoms with Crippen molar-refractivity contribution in [2.24, 2.45) is 0 Å². The second kappa shape index (κ2) is 8.39. The summed E-state index contributed by atoms with van der Waals surface area (Å²) in [4.78, 5) is 31.7. The number of aromatic nitrogens is 2. The molecule has 0 atom stereocenters. The summed E-state index contributed by atoms with van der Waals surface area (Å²) in [6.07, 6.45) is 0.131. The van der Waals surface area contributed by atoms with Gasteiger partial charge in [0.15, 0.2) is 10.9 Å². The van der Waals surface area contributed by atoms with Crippen molar-refractivity contribution in [2.45, 2.75) is 20.0 Å². The summed E-state index contributed by atoms with van der Waals surface area (Å²) in [5.74, 6) is 0.338. The highest BCUT2D eigenvalue weighted by Crippen LogP contribution is 2.19. The Balaban J connectivity index is 1.51. The van der Waals surface area contributed by atoms with Gasteiger partial charge in [0.05, 0.1) is 12.1 Å². The lowest BCUT2D eigenvalue weighted by Crippen LogP contribution is -2.14. The zero-order valence-corrected chi connectivity index (χ0v) is 16.1. The van der Waals surface area contributed by atoms with E-state index in [0.717, 1.165) is 5.01 Å². The fraction of sp³-hybridized carbons (Fsp3) is 0.176. The third-order valence-electron chi connectivity index (χ3n) is 3.23. The third-order valence-corrected chi connectivity index (χ3v) is 5.11. The van der Waals surface area contributed by atoms with E-state index in [-0.39, 0.29) is 18.1 Å². The SMILES string of the molecule is CC(=O)c1csc(NC(=O)Cc2csc(COc3ccc(Cl)cc3)n2)n1. The minimum Gasteiger partial charge on any atom is -0.486 e. The van der Waals surface area contributed by atoms with Gasteiger partial charge in [-0.1, -0.05) is 11.6 Å². The molecular formula is C17H14ClN3O3S2. The number of hydrogen-bond acceptors (Lipinski definition) is 7. The average molecular weight is 408 g/mol. The number of ketones is 1. The van der Waals surface area contributed by atoms with E-state index in [9.17, 15) is 9.59 Å². The van der Waals surface area contributed by atoms with E-state index >= 15 is 0 Å². The highest BCUT2D eigenvalue weighted by molar-refractivity contribution is 7.14. The van der Waals surface area contributed by atoms with Crippen LogP contribution in [0.1, 0.15) is 28.1 Å². The van der Waals surface area contributed by atoms with Gasteiger partial charge in [-0.15, -0.1) is 22.7 Å². The number of carbonyl (C=O) groups excluding carboxylic acids is 2. The van der Waals surface area contributed by atoms with Gasteiger partial charge in [-0.05, 0) is 24.3 Å². The average Bonchev–Trinajstić information content (AvgIpc) is 3.24. The van der Waals surface area contributed by atoms with Crippen LogP contribution in [0.2, 0.25) is 5.02 Å². The number of ether oxygens (including phenoxy) is 1. The number of hydrogen-bond donors (Lipinski definition) is 1. The van der Waals surface area contributed by atoms with Crippen molar-refractivity contribution in [2.75, 3.05) is 5.32 Å². The molecule has 0 aliphatic heterocycles. The summed E-state index contributed by atoms with van der Waals surface area (Å²) < 4.78 is 5.63. The van der Waals surface area contributed by atoms with Crippen LogP contribution in [0.15, 0.2) is 35.0 Å². The first kappa shape index (κ1) is 18.5. The van der Waals surface area contributed by atoms with Crippen molar-refractivity contribution in [3.8, 4) is 5.75 Å². The van der Waals surface area contributed by atoms with E-state index in [1.165, 1.54) is 29.6 Å². The number of carbonyl (C=O) groups is 2. The zero-order chi connectivity index (χ0) is 18.5. The number of nitrogens with one attached hydrogen (secondary N) is 1. The van der Waals surface area contributed by atoms with Crippen LogP contribution in [-0.4, -0.2) is 21.7 Å². The molecule has 9 heteroatoms. The first-order chi connectivity index (χ1) is 12.5. The molecule has 0 aliphatic rings. The summed E-state index contributed by atoms with van der Waals surface area (Å²) >= 11 is 8.48. The normalized spacial score (nSPS) is 10.5. The topological polar surface area (TPSA) is 81.2 Å². The Morgan fingerprint density at radius 1 is 1.15 bits per heavy atom. The highest BCUT2D eigenvalue weighted by Gasteiger charge is 2.12. The fourth-order valence-corrected chi connectivity index (χ4v) is 3.59. The van der Waals surface area contributed by atoms with Crippen molar-refractivity contribution in [1.82, 2.24) is 9.97 Å². The van der Waals surface area contributed by atoms with E-state index in [0.29, 0.717) is 33.9 Å². The molecule has 2 heterocycles. The van der Waals surface area contributed by atoms with Gasteiger partial charge in [0.1, 0.15) is 23.1 Å². The third kappa shape index (κ3) is 5.10. The van der Waals surface area contributed by atoms with Gasteiger partial charge in [-0.2, -0.15) is 0 Å². The van der Waals surface area contributed by atoms with Gasteiger partial charge < -0.3 is 10.1 Å². The molecule has 0 saturated heterocycles. The maximum Gasteiger partial charge on any atom is 0.232 e. The van der Waals surface area contributed by atoms with Gasteiger partial charge >= 0.3 is 0 Å². The Bertz CT molecular complexity index is 921. The summed E-state index contributed by atoms with van der Waals surface area (Å²) in [6.45, 7) is 1.76. The number of anilines is 1. The number of nitrogens with zero attached hydrogens (tertiary/aromatic N) is 2. The standard InChI is InChI=1S/C17H14ClN3O3S2/c1-10(22)14-9-26-17(20-14)21-15(23)6-12-8-25-16(19-12)7-24-13-4-2-11(18)3-5-13/h2-5,8-9H,6-7H2,1H3,(H,20,21,23). The Labute approximate surface area is 162 Å². The van der Waals surface area contributed by atoms with Crippen LogP contribution in [0.4, 0.5) is 5.13 Å². The first-order valence-corrected chi connectivity index (χ1v) is 9.71. The predicted octanol–water partition coefficient (Wildman–Crippen LogP) is 4.22. The smallest absolute Gasteiger partial charge is 0.232 e. The molecule has 0 bridgehead atoms. The van der Waals surface area contributed by atoms with Crippen LogP contribution in [-0.2, 0) is 17.8 Å². The monoisotopic (exact) mass is 407 g/mol. The largest absolute Gasteiger partial charge is 0.486 e. The number of rotatable bonds is 7. The first-order valence-electron chi connectivity index (χ1n) is 7.57. The molecule has 1 aromatic carbocycles. The van der Waals surface area contributed by atoms with Crippen molar-refractivity contribution in [3.05, 3.63) is 56.4 Å². The Morgan fingerprint density at radius 3 is 2.62 bits per heavy atom. The molecule has 0 radical (unpaired) electrons. The highest BCUT2D eigenvalue weighted by atomic mass is 35.5. The molecule has 134 valence electrons. The molecule has 6 nitrogen and oxygen atoms in total. The van der Waals surface area contributed by atoms with Gasteiger partial charge in [-0.3, -0.25) is 9.59 Å². The molecule has 3 rings (SSSR count). The molecule has 2 aromatic heterocycles. The van der Waals surface area contributed by atoms with E-state index in [2.05, 4.69) is 15.3 Å². The van der Waals surface area contributed by atoms with Crippen molar-refractivity contribution in [1.29, 1.82) is 0 Å². The lowest BCUT2D eigenvalue weighted by molar-refractivity contribution is -0.115. The number of benzene rings is 1. The van der Waals surface area contributed by atoms with Gasteiger partial charge in [0, 0.05) is 22.7 Å². The van der Waals surface area contributed by atoms with Crippen molar-refractivity contribution in [3.63, 3.8) is 0 Å². The second-order valence-electron chi connectivity index (χ2n) is 5.29. The maximum absolute atomic E-state index is 12.1. The predicted molar refractivity (Wildman–Crippen MR) is 102 cm³/mol. The van der Waals surface area contributed by atoms with Crippen LogP contribution in [0, 0.1) is 0 Å². The number of amides is 1. The lowest BCUT2D eigenvalue weighted by atomic mass is 10.3. The van der Waals surface area contributed by atoms with Crippen molar-refractivity contribution < 1.29 is 14.3 Å². The lowest BCUT2D eigenvalue weighted by Gasteiger charge is -2.03. The van der Waals surface area contributed by atoms with E-state index < -0.39 is 0 Å². The van der Waals surface area contributed by atoms with Gasteiger partial charge in [0.2, 0.25) is 5.91 Å².